The molecule has 92 valence electrons. The molecule has 1 atom stereocenters. The predicted molar refractivity (Wildman–Crippen MR) is 68.0 cm³/mol. The molecule has 1 heterocycles. The summed E-state index contributed by atoms with van der Waals surface area (Å²) in [7, 11) is -2.65. The minimum Gasteiger partial charge on any atom is -0.384 e. The van der Waals surface area contributed by atoms with Crippen LogP contribution in [0.3, 0.4) is 0 Å². The third-order valence-electron chi connectivity index (χ3n) is 1.71. The number of aliphatic hydroxyl groups is 1. The van der Waals surface area contributed by atoms with Crippen LogP contribution in [0.2, 0.25) is 0 Å². The highest BCUT2D eigenvalue weighted by Gasteiger charge is 2.26. The zero-order chi connectivity index (χ0) is 12.6. The Morgan fingerprint density at radius 1 is 1.69 bits per heavy atom. The van der Waals surface area contributed by atoms with E-state index >= 15 is 0 Å². The SMILES string of the molecule is C=C(C)NS(N)(O)c1nc(C(C)(C)O)cs1. The lowest BCUT2D eigenvalue weighted by molar-refractivity contribution is 0.0741. The van der Waals surface area contributed by atoms with Crippen LogP contribution in [0, 0.1) is 0 Å². The van der Waals surface area contributed by atoms with E-state index in [1.54, 1.807) is 26.2 Å². The molecule has 0 amide bonds. The largest absolute Gasteiger partial charge is 0.384 e. The first-order chi connectivity index (χ1) is 7.13. The zero-order valence-corrected chi connectivity index (χ0v) is 11.2. The van der Waals surface area contributed by atoms with E-state index in [0.29, 0.717) is 15.7 Å². The van der Waals surface area contributed by atoms with E-state index in [-0.39, 0.29) is 0 Å². The number of thiazole rings is 1. The van der Waals surface area contributed by atoms with Crippen molar-refractivity contribution in [2.75, 3.05) is 0 Å². The van der Waals surface area contributed by atoms with E-state index in [0.717, 1.165) is 0 Å². The lowest BCUT2D eigenvalue weighted by atomic mass is 10.1. The molecule has 0 aliphatic rings. The van der Waals surface area contributed by atoms with Gasteiger partial charge in [0.25, 0.3) is 0 Å². The molecular formula is C9H17N3O2S2. The van der Waals surface area contributed by atoms with Crippen molar-refractivity contribution in [2.24, 2.45) is 5.14 Å². The van der Waals surface area contributed by atoms with Gasteiger partial charge in [-0.2, -0.15) is 0 Å². The third-order valence-corrected chi connectivity index (χ3v) is 4.67. The summed E-state index contributed by atoms with van der Waals surface area (Å²) in [5, 5.41) is 17.2. The Hall–Kier alpha value is -0.600. The topological polar surface area (TPSA) is 91.4 Å². The van der Waals surface area contributed by atoms with Gasteiger partial charge in [0.15, 0.2) is 4.34 Å². The van der Waals surface area contributed by atoms with Crippen LogP contribution in [-0.4, -0.2) is 14.6 Å². The summed E-state index contributed by atoms with van der Waals surface area (Å²) in [5.41, 5.74) is 0.0282. The van der Waals surface area contributed by atoms with Gasteiger partial charge in [0.2, 0.25) is 0 Å². The van der Waals surface area contributed by atoms with E-state index in [2.05, 4.69) is 16.3 Å². The van der Waals surface area contributed by atoms with Crippen molar-refractivity contribution in [1.29, 1.82) is 0 Å². The molecule has 0 radical (unpaired) electrons. The molecule has 16 heavy (non-hydrogen) atoms. The fourth-order valence-corrected chi connectivity index (χ4v) is 3.41. The van der Waals surface area contributed by atoms with Crippen LogP contribution >= 0.6 is 22.0 Å². The van der Waals surface area contributed by atoms with Gasteiger partial charge >= 0.3 is 0 Å². The number of allylic oxidation sites excluding steroid dienone is 1. The summed E-state index contributed by atoms with van der Waals surface area (Å²) in [6, 6.07) is 0. The minimum atomic E-state index is -2.65. The molecule has 0 aromatic carbocycles. The van der Waals surface area contributed by atoms with Gasteiger partial charge in [-0.25, -0.2) is 4.98 Å². The Balaban J connectivity index is 2.97. The fourth-order valence-electron chi connectivity index (χ4n) is 0.991. The summed E-state index contributed by atoms with van der Waals surface area (Å²) in [6.07, 6.45) is 0. The van der Waals surface area contributed by atoms with Crippen molar-refractivity contribution in [3.05, 3.63) is 23.3 Å². The second-order valence-corrected chi connectivity index (χ2v) is 7.02. The summed E-state index contributed by atoms with van der Waals surface area (Å²) >= 11 is 1.21. The predicted octanol–water partition coefficient (Wildman–Crippen LogP) is 1.92. The summed E-state index contributed by atoms with van der Waals surface area (Å²) in [6.45, 7) is 8.58. The number of nitrogens with zero attached hydrogens (tertiary/aromatic N) is 1. The maximum atomic E-state index is 9.99. The number of hydrogen-bond acceptors (Lipinski definition) is 6. The smallest absolute Gasteiger partial charge is 0.187 e. The summed E-state index contributed by atoms with van der Waals surface area (Å²) < 4.78 is 13.0. The van der Waals surface area contributed by atoms with E-state index in [1.807, 2.05) is 0 Å². The zero-order valence-electron chi connectivity index (χ0n) is 9.52. The van der Waals surface area contributed by atoms with Gasteiger partial charge in [0.05, 0.1) is 16.4 Å². The molecule has 5 nitrogen and oxygen atoms in total. The molecule has 1 aromatic rings. The monoisotopic (exact) mass is 263 g/mol. The fraction of sp³-hybridized carbons (Fsp3) is 0.444. The molecule has 1 unspecified atom stereocenters. The van der Waals surface area contributed by atoms with Gasteiger partial charge in [0, 0.05) is 11.1 Å². The summed E-state index contributed by atoms with van der Waals surface area (Å²) in [5.74, 6) is 0. The van der Waals surface area contributed by atoms with Crippen molar-refractivity contribution in [3.8, 4) is 0 Å². The van der Waals surface area contributed by atoms with Crippen LogP contribution < -0.4 is 9.86 Å². The van der Waals surface area contributed by atoms with Crippen molar-refractivity contribution in [2.45, 2.75) is 30.7 Å². The van der Waals surface area contributed by atoms with Crippen LogP contribution in [0.1, 0.15) is 26.5 Å². The van der Waals surface area contributed by atoms with Gasteiger partial charge < -0.3 is 14.4 Å². The van der Waals surface area contributed by atoms with Crippen molar-refractivity contribution >= 4 is 22.0 Å². The quantitative estimate of drug-likeness (QED) is 0.666. The maximum Gasteiger partial charge on any atom is 0.187 e. The van der Waals surface area contributed by atoms with Crippen molar-refractivity contribution in [3.63, 3.8) is 0 Å². The molecule has 1 aromatic heterocycles. The third kappa shape index (κ3) is 3.19. The Morgan fingerprint density at radius 3 is 2.62 bits per heavy atom. The lowest BCUT2D eigenvalue weighted by Crippen LogP contribution is -2.26. The van der Waals surface area contributed by atoms with Crippen molar-refractivity contribution < 1.29 is 9.66 Å². The molecule has 0 bridgehead atoms. The molecule has 0 aliphatic heterocycles. The van der Waals surface area contributed by atoms with Gasteiger partial charge in [0.1, 0.15) is 5.60 Å². The van der Waals surface area contributed by atoms with Crippen LogP contribution in [0.5, 0.6) is 0 Å². The van der Waals surface area contributed by atoms with Crippen LogP contribution in [0.4, 0.5) is 0 Å². The van der Waals surface area contributed by atoms with Crippen LogP contribution in [0.25, 0.3) is 0 Å². The normalized spacial score (nSPS) is 17.6. The van der Waals surface area contributed by atoms with E-state index in [1.165, 1.54) is 11.3 Å². The maximum absolute atomic E-state index is 9.99. The average Bonchev–Trinajstić information content (AvgIpc) is 2.47. The van der Waals surface area contributed by atoms with Gasteiger partial charge in [-0.1, -0.05) is 6.58 Å². The van der Waals surface area contributed by atoms with Crippen molar-refractivity contribution in [1.82, 2.24) is 9.71 Å². The molecule has 0 saturated carbocycles. The first-order valence-electron chi connectivity index (χ1n) is 4.58. The van der Waals surface area contributed by atoms with Gasteiger partial charge in [-0.15, -0.1) is 11.3 Å². The minimum absolute atomic E-state index is 0.368. The van der Waals surface area contributed by atoms with E-state index in [9.17, 15) is 9.66 Å². The Morgan fingerprint density at radius 2 is 2.25 bits per heavy atom. The molecular weight excluding hydrogens is 246 g/mol. The van der Waals surface area contributed by atoms with E-state index < -0.39 is 16.3 Å². The standard InChI is InChI=1S/C9H17N3O2S2/c1-6(2)12-16(10,14)8-11-7(5-15-8)9(3,4)13/h5,12-14H,1,10H2,2-4H3. The van der Waals surface area contributed by atoms with Gasteiger partial charge in [-0.05, 0) is 20.8 Å². The van der Waals surface area contributed by atoms with Gasteiger partial charge in [-0.3, -0.25) is 5.14 Å². The second-order valence-electron chi connectivity index (χ2n) is 4.07. The molecule has 0 fully saturated rings. The first-order valence-corrected chi connectivity index (χ1v) is 7.11. The molecule has 0 spiro atoms. The first kappa shape index (κ1) is 13.5. The molecule has 7 heteroatoms. The molecule has 0 saturated heterocycles. The number of nitrogens with two attached hydrogens (primary N) is 1. The highest BCUT2D eigenvalue weighted by Crippen LogP contribution is 2.44. The number of rotatable bonds is 4. The molecule has 0 aliphatic carbocycles. The number of hydrogen-bond donors (Lipinski definition) is 4. The molecule has 5 N–H and O–H groups in total. The lowest BCUT2D eigenvalue weighted by Gasteiger charge is -2.28. The Bertz CT molecular complexity index is 396. The highest BCUT2D eigenvalue weighted by atomic mass is 32.3. The van der Waals surface area contributed by atoms with E-state index in [4.69, 9.17) is 5.14 Å². The number of nitrogens with one attached hydrogen (secondary N) is 1. The Kier molecular flexibility index (Phi) is 3.65. The average molecular weight is 263 g/mol. The summed E-state index contributed by atoms with van der Waals surface area (Å²) in [4.78, 5) is 4.13. The second kappa shape index (κ2) is 4.34. The van der Waals surface area contributed by atoms with Crippen LogP contribution in [0.15, 0.2) is 22.0 Å². The molecule has 1 rings (SSSR count). The number of aromatic nitrogens is 1. The Labute approximate surface area is 101 Å². The van der Waals surface area contributed by atoms with Crippen LogP contribution in [-0.2, 0) is 5.60 Å². The highest BCUT2D eigenvalue weighted by molar-refractivity contribution is 8.26.